The first-order valence-electron chi connectivity index (χ1n) is 11.5. The zero-order valence-electron chi connectivity index (χ0n) is 19.2. The first-order valence-corrected chi connectivity index (χ1v) is 11.5. The molecule has 0 spiro atoms. The van der Waals surface area contributed by atoms with E-state index in [2.05, 4.69) is 21.7 Å². The molecule has 1 amide bonds. The Morgan fingerprint density at radius 2 is 1.81 bits per heavy atom. The fourth-order valence-electron chi connectivity index (χ4n) is 4.11. The molecule has 1 aromatic heterocycles. The second-order valence-electron chi connectivity index (χ2n) is 8.40. The fraction of sp³-hybridized carbons (Fsp3) is 0.696. The molecule has 0 bridgehead atoms. The summed E-state index contributed by atoms with van der Waals surface area (Å²) >= 11 is 0. The van der Waals surface area contributed by atoms with Crippen LogP contribution in [-0.2, 0) is 20.7 Å². The highest BCUT2D eigenvalue weighted by molar-refractivity contribution is 6.00. The smallest absolute Gasteiger partial charge is 0.319 e. The van der Waals surface area contributed by atoms with Crippen LogP contribution in [0.15, 0.2) is 6.07 Å². The standard InChI is InChI=1S/C23H36N4O4/c1-4-5-14-31-20-15-18(2)19-16-21(28)27(23(19)24-20)9-7-6-8-25-10-12-26(13-11-25)17-22(29)30-3/h15H,4-14,16-17H2,1-3H3. The second-order valence-corrected chi connectivity index (χ2v) is 8.40. The molecule has 2 aliphatic heterocycles. The lowest BCUT2D eigenvalue weighted by Gasteiger charge is -2.34. The number of rotatable bonds is 11. The van der Waals surface area contributed by atoms with E-state index in [1.807, 2.05) is 17.9 Å². The van der Waals surface area contributed by atoms with Crippen molar-refractivity contribution in [1.29, 1.82) is 0 Å². The van der Waals surface area contributed by atoms with Crippen LogP contribution in [0.5, 0.6) is 5.88 Å². The van der Waals surface area contributed by atoms with Crippen LogP contribution in [0, 0.1) is 6.92 Å². The Labute approximate surface area is 185 Å². The minimum atomic E-state index is -0.174. The summed E-state index contributed by atoms with van der Waals surface area (Å²) in [6.45, 7) is 10.6. The summed E-state index contributed by atoms with van der Waals surface area (Å²) in [5.74, 6) is 1.36. The molecule has 2 aliphatic rings. The molecule has 3 heterocycles. The normalized spacial score (nSPS) is 17.1. The van der Waals surface area contributed by atoms with Gasteiger partial charge in [-0.15, -0.1) is 0 Å². The molecular weight excluding hydrogens is 396 g/mol. The molecule has 3 rings (SSSR count). The number of unbranched alkanes of at least 4 members (excludes halogenated alkanes) is 2. The highest BCUT2D eigenvalue weighted by atomic mass is 16.5. The van der Waals surface area contributed by atoms with Gasteiger partial charge in [-0.25, -0.2) is 0 Å². The lowest BCUT2D eigenvalue weighted by atomic mass is 10.1. The van der Waals surface area contributed by atoms with E-state index in [4.69, 9.17) is 9.47 Å². The SMILES string of the molecule is CCCCOc1cc(C)c2c(n1)N(CCCCN1CCN(CC(=O)OC)CC1)C(=O)C2. The van der Waals surface area contributed by atoms with Crippen molar-refractivity contribution in [3.63, 3.8) is 0 Å². The third-order valence-electron chi connectivity index (χ3n) is 6.09. The molecule has 0 radical (unpaired) electrons. The minimum absolute atomic E-state index is 0.132. The number of hydrogen-bond donors (Lipinski definition) is 0. The van der Waals surface area contributed by atoms with Gasteiger partial charge in [-0.2, -0.15) is 4.98 Å². The molecule has 0 atom stereocenters. The fourth-order valence-corrected chi connectivity index (χ4v) is 4.11. The molecule has 0 aliphatic carbocycles. The Morgan fingerprint density at radius 3 is 2.52 bits per heavy atom. The van der Waals surface area contributed by atoms with Crippen LogP contribution >= 0.6 is 0 Å². The Hall–Kier alpha value is -2.19. The van der Waals surface area contributed by atoms with E-state index >= 15 is 0 Å². The third kappa shape index (κ3) is 6.40. The Morgan fingerprint density at radius 1 is 1.10 bits per heavy atom. The topological polar surface area (TPSA) is 75.2 Å². The van der Waals surface area contributed by atoms with E-state index in [-0.39, 0.29) is 11.9 Å². The molecule has 172 valence electrons. The molecular formula is C23H36N4O4. The van der Waals surface area contributed by atoms with E-state index < -0.39 is 0 Å². The molecule has 0 aromatic carbocycles. The number of methoxy groups -OCH3 is 1. The predicted molar refractivity (Wildman–Crippen MR) is 120 cm³/mol. The van der Waals surface area contributed by atoms with Crippen molar-refractivity contribution in [3.05, 3.63) is 17.2 Å². The van der Waals surface area contributed by atoms with E-state index in [1.54, 1.807) is 0 Å². The Kier molecular flexibility index (Phi) is 8.66. The summed E-state index contributed by atoms with van der Waals surface area (Å²) in [5.41, 5.74) is 2.12. The zero-order valence-corrected chi connectivity index (χ0v) is 19.2. The van der Waals surface area contributed by atoms with Crippen molar-refractivity contribution in [2.45, 2.75) is 46.0 Å². The number of carbonyl (C=O) groups is 2. The van der Waals surface area contributed by atoms with Crippen LogP contribution in [0.25, 0.3) is 0 Å². The predicted octanol–water partition coefficient (Wildman–Crippen LogP) is 2.03. The number of aromatic nitrogens is 1. The van der Waals surface area contributed by atoms with E-state index in [0.29, 0.717) is 32.0 Å². The summed E-state index contributed by atoms with van der Waals surface area (Å²) in [6.07, 6.45) is 4.48. The van der Waals surface area contributed by atoms with Crippen LogP contribution < -0.4 is 9.64 Å². The van der Waals surface area contributed by atoms with Crippen molar-refractivity contribution >= 4 is 17.7 Å². The van der Waals surface area contributed by atoms with Gasteiger partial charge in [0, 0.05) is 44.4 Å². The van der Waals surface area contributed by atoms with Gasteiger partial charge in [-0.1, -0.05) is 13.3 Å². The lowest BCUT2D eigenvalue weighted by molar-refractivity contribution is -0.142. The number of fused-ring (bicyclic) bond motifs is 1. The Balaban J connectivity index is 1.44. The number of ether oxygens (including phenoxy) is 2. The summed E-state index contributed by atoms with van der Waals surface area (Å²) in [6, 6.07) is 1.95. The maximum atomic E-state index is 12.6. The van der Waals surface area contributed by atoms with Crippen LogP contribution in [0.4, 0.5) is 5.82 Å². The monoisotopic (exact) mass is 432 g/mol. The van der Waals surface area contributed by atoms with Gasteiger partial charge in [0.05, 0.1) is 26.7 Å². The minimum Gasteiger partial charge on any atom is -0.478 e. The lowest BCUT2D eigenvalue weighted by Crippen LogP contribution is -2.48. The van der Waals surface area contributed by atoms with Gasteiger partial charge >= 0.3 is 5.97 Å². The second kappa shape index (κ2) is 11.4. The molecule has 0 saturated carbocycles. The average molecular weight is 433 g/mol. The molecule has 0 N–H and O–H groups in total. The number of amides is 1. The van der Waals surface area contributed by atoms with E-state index in [0.717, 1.165) is 75.4 Å². The van der Waals surface area contributed by atoms with Crippen LogP contribution in [0.3, 0.4) is 0 Å². The number of carbonyl (C=O) groups excluding carboxylic acids is 2. The highest BCUT2D eigenvalue weighted by Gasteiger charge is 2.30. The average Bonchev–Trinajstić information content (AvgIpc) is 3.08. The van der Waals surface area contributed by atoms with Crippen molar-refractivity contribution in [3.8, 4) is 5.88 Å². The van der Waals surface area contributed by atoms with Gasteiger partial charge in [0.25, 0.3) is 0 Å². The summed E-state index contributed by atoms with van der Waals surface area (Å²) < 4.78 is 10.5. The van der Waals surface area contributed by atoms with Crippen LogP contribution in [0.2, 0.25) is 0 Å². The van der Waals surface area contributed by atoms with Crippen LogP contribution in [0.1, 0.15) is 43.7 Å². The number of aryl methyl sites for hydroxylation is 1. The largest absolute Gasteiger partial charge is 0.478 e. The van der Waals surface area contributed by atoms with Crippen molar-refractivity contribution in [1.82, 2.24) is 14.8 Å². The summed E-state index contributed by atoms with van der Waals surface area (Å²) in [4.78, 5) is 35.0. The van der Waals surface area contributed by atoms with Gasteiger partial charge in [0.1, 0.15) is 5.82 Å². The molecule has 31 heavy (non-hydrogen) atoms. The van der Waals surface area contributed by atoms with Gasteiger partial charge in [-0.05, 0) is 38.3 Å². The van der Waals surface area contributed by atoms with E-state index in [1.165, 1.54) is 7.11 Å². The van der Waals surface area contributed by atoms with Crippen LogP contribution in [-0.4, -0.2) is 86.2 Å². The molecule has 1 fully saturated rings. The summed E-state index contributed by atoms with van der Waals surface area (Å²) in [7, 11) is 1.43. The van der Waals surface area contributed by atoms with Crippen molar-refractivity contribution in [2.24, 2.45) is 0 Å². The molecule has 0 unspecified atom stereocenters. The number of nitrogens with zero attached hydrogens (tertiary/aromatic N) is 4. The number of pyridine rings is 1. The number of anilines is 1. The van der Waals surface area contributed by atoms with Crippen molar-refractivity contribution in [2.75, 3.05) is 64.4 Å². The van der Waals surface area contributed by atoms with Crippen molar-refractivity contribution < 1.29 is 19.1 Å². The maximum Gasteiger partial charge on any atom is 0.319 e. The Bertz CT molecular complexity index is 762. The summed E-state index contributed by atoms with van der Waals surface area (Å²) in [5, 5.41) is 0. The van der Waals surface area contributed by atoms with Gasteiger partial charge in [0.2, 0.25) is 11.8 Å². The van der Waals surface area contributed by atoms with Gasteiger partial charge in [0.15, 0.2) is 0 Å². The van der Waals surface area contributed by atoms with Gasteiger partial charge in [-0.3, -0.25) is 19.4 Å². The number of hydrogen-bond acceptors (Lipinski definition) is 7. The first-order chi connectivity index (χ1) is 15.0. The molecule has 8 nitrogen and oxygen atoms in total. The highest BCUT2D eigenvalue weighted by Crippen LogP contribution is 2.32. The third-order valence-corrected chi connectivity index (χ3v) is 6.09. The number of piperazine rings is 1. The molecule has 1 aromatic rings. The number of esters is 1. The van der Waals surface area contributed by atoms with E-state index in [9.17, 15) is 9.59 Å². The molecule has 1 saturated heterocycles. The molecule has 8 heteroatoms. The maximum absolute atomic E-state index is 12.6. The van der Waals surface area contributed by atoms with Gasteiger partial charge < -0.3 is 14.4 Å². The zero-order chi connectivity index (χ0) is 22.2. The quantitative estimate of drug-likeness (QED) is 0.391. The first kappa shape index (κ1) is 23.5.